The van der Waals surface area contributed by atoms with Gasteiger partial charge in [0.2, 0.25) is 0 Å². The maximum Gasteiger partial charge on any atom is 0.262 e. The van der Waals surface area contributed by atoms with Gasteiger partial charge in [0, 0.05) is 6.54 Å². The summed E-state index contributed by atoms with van der Waals surface area (Å²) in [6.07, 6.45) is 0. The molecule has 0 aliphatic rings. The topological polar surface area (TPSA) is 72.2 Å². The Bertz CT molecular complexity index is 779. The predicted molar refractivity (Wildman–Crippen MR) is 81.3 cm³/mol. The molecule has 0 amide bonds. The molecule has 3 N–H and O–H groups in total. The Morgan fingerprint density at radius 2 is 2.00 bits per heavy atom. The first kappa shape index (κ1) is 15.8. The third-order valence-corrected chi connectivity index (χ3v) is 4.92. The van der Waals surface area contributed by atoms with E-state index in [0.29, 0.717) is 5.56 Å². The predicted octanol–water partition coefficient (Wildman–Crippen LogP) is 3.05. The molecule has 0 spiro atoms. The highest BCUT2D eigenvalue weighted by Gasteiger charge is 2.19. The molecule has 0 atom stereocenters. The summed E-state index contributed by atoms with van der Waals surface area (Å²) in [7, 11) is -3.87. The van der Waals surface area contributed by atoms with E-state index >= 15 is 0 Å². The molecule has 0 aromatic heterocycles. The zero-order valence-corrected chi connectivity index (χ0v) is 12.8. The first-order valence-electron chi connectivity index (χ1n) is 6.11. The minimum atomic E-state index is -3.87. The Kier molecular flexibility index (Phi) is 4.51. The SMILES string of the molecule is Cc1c(CN)cccc1S(=O)(=O)Nc1cc(F)ccc1Cl. The molecule has 0 aliphatic heterocycles. The van der Waals surface area contributed by atoms with Gasteiger partial charge < -0.3 is 5.73 Å². The number of nitrogens with two attached hydrogens (primary N) is 1. The molecule has 21 heavy (non-hydrogen) atoms. The van der Waals surface area contributed by atoms with Crippen molar-refractivity contribution in [2.45, 2.75) is 18.4 Å². The van der Waals surface area contributed by atoms with Gasteiger partial charge in [0.05, 0.1) is 15.6 Å². The molecule has 7 heteroatoms. The van der Waals surface area contributed by atoms with Crippen LogP contribution in [0.2, 0.25) is 5.02 Å². The molecule has 0 bridgehead atoms. The van der Waals surface area contributed by atoms with Crippen LogP contribution in [0.5, 0.6) is 0 Å². The summed E-state index contributed by atoms with van der Waals surface area (Å²) >= 11 is 5.87. The third kappa shape index (κ3) is 3.34. The lowest BCUT2D eigenvalue weighted by Gasteiger charge is -2.13. The number of benzene rings is 2. The average molecular weight is 329 g/mol. The fourth-order valence-corrected chi connectivity index (χ4v) is 3.53. The van der Waals surface area contributed by atoms with Crippen LogP contribution in [0.15, 0.2) is 41.3 Å². The van der Waals surface area contributed by atoms with E-state index in [4.69, 9.17) is 17.3 Å². The summed E-state index contributed by atoms with van der Waals surface area (Å²) in [6, 6.07) is 8.30. The van der Waals surface area contributed by atoms with Gasteiger partial charge in [-0.25, -0.2) is 12.8 Å². The molecule has 0 fully saturated rings. The van der Waals surface area contributed by atoms with Crippen LogP contribution in [0, 0.1) is 12.7 Å². The average Bonchev–Trinajstić information content (AvgIpc) is 2.42. The second-order valence-corrected chi connectivity index (χ2v) is 6.53. The number of nitrogens with one attached hydrogen (secondary N) is 1. The molecule has 0 aliphatic carbocycles. The molecule has 0 unspecified atom stereocenters. The van der Waals surface area contributed by atoms with E-state index in [-0.39, 0.29) is 22.2 Å². The maximum absolute atomic E-state index is 13.2. The van der Waals surface area contributed by atoms with Crippen molar-refractivity contribution in [3.63, 3.8) is 0 Å². The Labute approximate surface area is 127 Å². The van der Waals surface area contributed by atoms with Crippen LogP contribution in [-0.4, -0.2) is 8.42 Å². The van der Waals surface area contributed by atoms with E-state index in [2.05, 4.69) is 4.72 Å². The van der Waals surface area contributed by atoms with E-state index in [1.807, 2.05) is 0 Å². The second-order valence-electron chi connectivity index (χ2n) is 4.47. The molecule has 112 valence electrons. The summed E-state index contributed by atoms with van der Waals surface area (Å²) in [5.41, 5.74) is 6.85. The first-order valence-corrected chi connectivity index (χ1v) is 7.97. The van der Waals surface area contributed by atoms with E-state index < -0.39 is 15.8 Å². The highest BCUT2D eigenvalue weighted by Crippen LogP contribution is 2.27. The van der Waals surface area contributed by atoms with Gasteiger partial charge in [0.15, 0.2) is 0 Å². The van der Waals surface area contributed by atoms with Crippen LogP contribution in [0.4, 0.5) is 10.1 Å². The fraction of sp³-hybridized carbons (Fsp3) is 0.143. The lowest BCUT2D eigenvalue weighted by molar-refractivity contribution is 0.600. The van der Waals surface area contributed by atoms with Crippen LogP contribution in [0.1, 0.15) is 11.1 Å². The smallest absolute Gasteiger partial charge is 0.262 e. The Morgan fingerprint density at radius 3 is 2.67 bits per heavy atom. The molecular weight excluding hydrogens is 315 g/mol. The molecule has 0 saturated carbocycles. The molecule has 0 saturated heterocycles. The molecule has 2 rings (SSSR count). The number of hydrogen-bond donors (Lipinski definition) is 2. The lowest BCUT2D eigenvalue weighted by atomic mass is 10.1. The largest absolute Gasteiger partial charge is 0.326 e. The van der Waals surface area contributed by atoms with E-state index in [0.717, 1.165) is 17.7 Å². The summed E-state index contributed by atoms with van der Waals surface area (Å²) < 4.78 is 40.4. The molecular formula is C14H14ClFN2O2S. The van der Waals surface area contributed by atoms with Crippen molar-refractivity contribution in [3.8, 4) is 0 Å². The van der Waals surface area contributed by atoms with E-state index in [1.165, 1.54) is 12.1 Å². The number of halogens is 2. The zero-order chi connectivity index (χ0) is 15.6. The summed E-state index contributed by atoms with van der Waals surface area (Å²) in [5.74, 6) is -0.579. The van der Waals surface area contributed by atoms with E-state index in [9.17, 15) is 12.8 Å². The minimum absolute atomic E-state index is 0.00535. The normalized spacial score (nSPS) is 11.4. The van der Waals surface area contributed by atoms with Crippen LogP contribution < -0.4 is 10.5 Å². The zero-order valence-electron chi connectivity index (χ0n) is 11.2. The van der Waals surface area contributed by atoms with Crippen molar-refractivity contribution in [3.05, 3.63) is 58.4 Å². The summed E-state index contributed by atoms with van der Waals surface area (Å²) in [6.45, 7) is 1.90. The quantitative estimate of drug-likeness (QED) is 0.906. The van der Waals surface area contributed by atoms with Gasteiger partial charge in [0.25, 0.3) is 10.0 Å². The summed E-state index contributed by atoms with van der Waals surface area (Å²) in [4.78, 5) is 0.0887. The molecule has 2 aromatic carbocycles. The van der Waals surface area contributed by atoms with Crippen LogP contribution in [-0.2, 0) is 16.6 Å². The first-order chi connectivity index (χ1) is 9.85. The molecule has 4 nitrogen and oxygen atoms in total. The van der Waals surface area contributed by atoms with Crippen molar-refractivity contribution < 1.29 is 12.8 Å². The van der Waals surface area contributed by atoms with Crippen molar-refractivity contribution >= 4 is 27.3 Å². The van der Waals surface area contributed by atoms with Crippen LogP contribution in [0.3, 0.4) is 0 Å². The third-order valence-electron chi connectivity index (χ3n) is 3.08. The van der Waals surface area contributed by atoms with Crippen molar-refractivity contribution in [2.24, 2.45) is 5.73 Å². The van der Waals surface area contributed by atoms with Crippen molar-refractivity contribution in [1.82, 2.24) is 0 Å². The van der Waals surface area contributed by atoms with Gasteiger partial charge in [-0.1, -0.05) is 23.7 Å². The van der Waals surface area contributed by atoms with Gasteiger partial charge in [-0.2, -0.15) is 0 Å². The van der Waals surface area contributed by atoms with E-state index in [1.54, 1.807) is 19.1 Å². The Morgan fingerprint density at radius 1 is 1.29 bits per heavy atom. The number of sulfonamides is 1. The monoisotopic (exact) mass is 328 g/mol. The number of hydrogen-bond acceptors (Lipinski definition) is 3. The van der Waals surface area contributed by atoms with Gasteiger partial charge >= 0.3 is 0 Å². The molecule has 2 aromatic rings. The second kappa shape index (κ2) is 6.01. The van der Waals surface area contributed by atoms with Crippen LogP contribution >= 0.6 is 11.6 Å². The summed E-state index contributed by atoms with van der Waals surface area (Å²) in [5, 5.41) is 0.118. The lowest BCUT2D eigenvalue weighted by Crippen LogP contribution is -2.16. The standard InChI is InChI=1S/C14H14ClFN2O2S/c1-9-10(8-17)3-2-4-14(9)21(19,20)18-13-7-11(16)5-6-12(13)15/h2-7,18H,8,17H2,1H3. The minimum Gasteiger partial charge on any atom is -0.326 e. The van der Waals surface area contributed by atoms with Crippen molar-refractivity contribution in [2.75, 3.05) is 4.72 Å². The number of anilines is 1. The Balaban J connectivity index is 2.46. The highest BCUT2D eigenvalue weighted by atomic mass is 35.5. The van der Waals surface area contributed by atoms with Crippen LogP contribution in [0.25, 0.3) is 0 Å². The van der Waals surface area contributed by atoms with Gasteiger partial charge in [-0.15, -0.1) is 0 Å². The van der Waals surface area contributed by atoms with Gasteiger partial charge in [-0.3, -0.25) is 4.72 Å². The highest BCUT2D eigenvalue weighted by molar-refractivity contribution is 7.92. The van der Waals surface area contributed by atoms with Crippen molar-refractivity contribution in [1.29, 1.82) is 0 Å². The van der Waals surface area contributed by atoms with Gasteiger partial charge in [0.1, 0.15) is 5.82 Å². The maximum atomic E-state index is 13.2. The number of rotatable bonds is 4. The van der Waals surface area contributed by atoms with Gasteiger partial charge in [-0.05, 0) is 42.3 Å². The molecule has 0 heterocycles. The molecule has 0 radical (unpaired) electrons. The Hall–Kier alpha value is -1.63. The fourth-order valence-electron chi connectivity index (χ4n) is 1.95.